The molecule has 0 amide bonds. The van der Waals surface area contributed by atoms with Crippen molar-refractivity contribution in [1.29, 1.82) is 0 Å². The van der Waals surface area contributed by atoms with Gasteiger partial charge in [-0.05, 0) is 41.0 Å². The summed E-state index contributed by atoms with van der Waals surface area (Å²) in [6.45, 7) is 10.9. The first-order valence-electron chi connectivity index (χ1n) is 8.11. The van der Waals surface area contributed by atoms with Gasteiger partial charge in [0.2, 0.25) is 0 Å². The zero-order chi connectivity index (χ0) is 16.1. The van der Waals surface area contributed by atoms with Gasteiger partial charge in [-0.25, -0.2) is 0 Å². The van der Waals surface area contributed by atoms with Crippen LogP contribution in [-0.2, 0) is 0 Å². The van der Waals surface area contributed by atoms with Crippen LogP contribution in [0, 0.1) is 5.92 Å². The lowest BCUT2D eigenvalue weighted by molar-refractivity contribution is 0.540. The predicted molar refractivity (Wildman–Crippen MR) is 99.7 cm³/mol. The maximum absolute atomic E-state index is 4.56. The van der Waals surface area contributed by atoms with Gasteiger partial charge in [0.1, 0.15) is 0 Å². The molecule has 1 nitrogen and oxygen atoms in total. The molecular weight excluding hydrogens is 286 g/mol. The molecule has 2 aromatic heterocycles. The Morgan fingerprint density at radius 3 is 2.23 bits per heavy atom. The Labute approximate surface area is 138 Å². The van der Waals surface area contributed by atoms with Gasteiger partial charge in [-0.3, -0.25) is 4.98 Å². The minimum Gasteiger partial charge on any atom is -0.255 e. The van der Waals surface area contributed by atoms with Gasteiger partial charge in [0, 0.05) is 10.9 Å². The van der Waals surface area contributed by atoms with E-state index in [1.165, 1.54) is 20.5 Å². The number of hydrogen-bond donors (Lipinski definition) is 0. The second kappa shape index (κ2) is 7.55. The van der Waals surface area contributed by atoms with E-state index in [-0.39, 0.29) is 0 Å². The van der Waals surface area contributed by atoms with Gasteiger partial charge >= 0.3 is 0 Å². The van der Waals surface area contributed by atoms with Gasteiger partial charge in [0.15, 0.2) is 0 Å². The van der Waals surface area contributed by atoms with Crippen LogP contribution in [0.15, 0.2) is 48.7 Å². The Bertz CT molecular complexity index is 713. The van der Waals surface area contributed by atoms with Crippen molar-refractivity contribution < 1.29 is 0 Å². The summed E-state index contributed by atoms with van der Waals surface area (Å²) in [7, 11) is 0. The van der Waals surface area contributed by atoms with Crippen molar-refractivity contribution >= 4 is 21.4 Å². The Balaban J connectivity index is 0.000000847. The summed E-state index contributed by atoms with van der Waals surface area (Å²) in [4.78, 5) is 5.88. The summed E-state index contributed by atoms with van der Waals surface area (Å²) < 4.78 is 1.36. The van der Waals surface area contributed by atoms with Crippen molar-refractivity contribution in [3.8, 4) is 10.6 Å². The van der Waals surface area contributed by atoms with Crippen LogP contribution in [-0.4, -0.2) is 4.98 Å². The van der Waals surface area contributed by atoms with Crippen molar-refractivity contribution in [2.45, 2.75) is 40.5 Å². The van der Waals surface area contributed by atoms with E-state index < -0.39 is 0 Å². The van der Waals surface area contributed by atoms with Crippen LogP contribution < -0.4 is 0 Å². The molecule has 3 rings (SSSR count). The second-order valence-corrected chi connectivity index (χ2v) is 6.64. The van der Waals surface area contributed by atoms with E-state index in [1.807, 2.05) is 37.4 Å². The standard InChI is InChI=1S/C18H19NS.C2H6/c1-12(2)13(3)17-14-8-4-5-10-16(14)20-18(17)15-9-6-7-11-19-15;1-2/h4-13H,1-3H3;1-2H3. The molecule has 0 fully saturated rings. The third-order valence-electron chi connectivity index (χ3n) is 3.99. The molecule has 0 aliphatic rings. The van der Waals surface area contributed by atoms with Crippen molar-refractivity contribution in [3.05, 3.63) is 54.2 Å². The van der Waals surface area contributed by atoms with Gasteiger partial charge < -0.3 is 0 Å². The predicted octanol–water partition coefficient (Wildman–Crippen LogP) is 6.75. The molecule has 2 heteroatoms. The summed E-state index contributed by atoms with van der Waals surface area (Å²) in [5.41, 5.74) is 2.55. The fraction of sp³-hybridized carbons (Fsp3) is 0.350. The fourth-order valence-corrected chi connectivity index (χ4v) is 3.82. The van der Waals surface area contributed by atoms with Crippen LogP contribution in [0.3, 0.4) is 0 Å². The van der Waals surface area contributed by atoms with E-state index >= 15 is 0 Å². The van der Waals surface area contributed by atoms with Crippen LogP contribution in [0.2, 0.25) is 0 Å². The summed E-state index contributed by atoms with van der Waals surface area (Å²) in [5, 5.41) is 1.39. The highest BCUT2D eigenvalue weighted by molar-refractivity contribution is 7.22. The van der Waals surface area contributed by atoms with Crippen LogP contribution in [0.1, 0.15) is 46.1 Å². The van der Waals surface area contributed by atoms with Crippen molar-refractivity contribution in [2.24, 2.45) is 5.92 Å². The number of aromatic nitrogens is 1. The SMILES string of the molecule is CC.CC(C)C(C)c1c(-c2ccccn2)sc2ccccc12. The van der Waals surface area contributed by atoms with Crippen molar-refractivity contribution in [2.75, 3.05) is 0 Å². The maximum Gasteiger partial charge on any atom is 0.0805 e. The quantitative estimate of drug-likeness (QED) is 0.521. The van der Waals surface area contributed by atoms with Crippen LogP contribution in [0.5, 0.6) is 0 Å². The van der Waals surface area contributed by atoms with Gasteiger partial charge in [-0.15, -0.1) is 11.3 Å². The molecule has 0 aliphatic heterocycles. The number of pyridine rings is 1. The highest BCUT2D eigenvalue weighted by Crippen LogP contribution is 2.43. The molecular formula is C20H25NS. The number of thiophene rings is 1. The minimum absolute atomic E-state index is 0.531. The summed E-state index contributed by atoms with van der Waals surface area (Å²) in [6.07, 6.45) is 1.88. The summed E-state index contributed by atoms with van der Waals surface area (Å²) in [6, 6.07) is 14.9. The lowest BCUT2D eigenvalue weighted by atomic mass is 9.88. The fourth-order valence-electron chi connectivity index (χ4n) is 2.54. The molecule has 0 saturated heterocycles. The maximum atomic E-state index is 4.56. The first-order chi connectivity index (χ1) is 10.7. The van der Waals surface area contributed by atoms with E-state index in [9.17, 15) is 0 Å². The third kappa shape index (κ3) is 3.22. The van der Waals surface area contributed by atoms with Crippen LogP contribution >= 0.6 is 11.3 Å². The van der Waals surface area contributed by atoms with E-state index in [4.69, 9.17) is 0 Å². The highest BCUT2D eigenvalue weighted by atomic mass is 32.1. The molecule has 0 spiro atoms. The molecule has 0 N–H and O–H groups in total. The molecule has 1 atom stereocenters. The molecule has 0 saturated carbocycles. The zero-order valence-electron chi connectivity index (χ0n) is 14.1. The van der Waals surface area contributed by atoms with Gasteiger partial charge in [0.05, 0.1) is 10.6 Å². The van der Waals surface area contributed by atoms with Gasteiger partial charge in [0.25, 0.3) is 0 Å². The molecule has 0 aliphatic carbocycles. The number of nitrogens with zero attached hydrogens (tertiary/aromatic N) is 1. The first kappa shape index (κ1) is 16.7. The smallest absolute Gasteiger partial charge is 0.0805 e. The topological polar surface area (TPSA) is 12.9 Å². The van der Waals surface area contributed by atoms with E-state index in [0.717, 1.165) is 5.69 Å². The van der Waals surface area contributed by atoms with Gasteiger partial charge in [-0.1, -0.05) is 58.9 Å². The monoisotopic (exact) mass is 311 g/mol. The molecule has 116 valence electrons. The third-order valence-corrected chi connectivity index (χ3v) is 5.20. The summed E-state index contributed by atoms with van der Waals surface area (Å²) in [5.74, 6) is 1.15. The number of fused-ring (bicyclic) bond motifs is 1. The minimum atomic E-state index is 0.531. The average molecular weight is 311 g/mol. The first-order valence-corrected chi connectivity index (χ1v) is 8.93. The van der Waals surface area contributed by atoms with Gasteiger partial charge in [-0.2, -0.15) is 0 Å². The second-order valence-electron chi connectivity index (χ2n) is 5.59. The average Bonchev–Trinajstić information content (AvgIpc) is 2.96. The molecule has 2 heterocycles. The molecule has 0 radical (unpaired) electrons. The van der Waals surface area contributed by atoms with Crippen LogP contribution in [0.4, 0.5) is 0 Å². The molecule has 1 aromatic carbocycles. The molecule has 3 aromatic rings. The molecule has 1 unspecified atom stereocenters. The largest absolute Gasteiger partial charge is 0.255 e. The number of hydrogen-bond acceptors (Lipinski definition) is 2. The Morgan fingerprint density at radius 2 is 1.59 bits per heavy atom. The highest BCUT2D eigenvalue weighted by Gasteiger charge is 2.21. The van der Waals surface area contributed by atoms with E-state index in [0.29, 0.717) is 11.8 Å². The molecule has 22 heavy (non-hydrogen) atoms. The Kier molecular flexibility index (Phi) is 5.73. The Morgan fingerprint density at radius 1 is 0.909 bits per heavy atom. The lowest BCUT2D eigenvalue weighted by Crippen LogP contribution is -2.02. The zero-order valence-corrected chi connectivity index (χ0v) is 14.9. The van der Waals surface area contributed by atoms with Crippen molar-refractivity contribution in [1.82, 2.24) is 4.98 Å². The van der Waals surface area contributed by atoms with E-state index in [1.54, 1.807) is 0 Å². The lowest BCUT2D eigenvalue weighted by Gasteiger charge is -2.17. The van der Waals surface area contributed by atoms with Crippen LogP contribution in [0.25, 0.3) is 20.7 Å². The van der Waals surface area contributed by atoms with E-state index in [2.05, 4.69) is 62.2 Å². The van der Waals surface area contributed by atoms with Crippen molar-refractivity contribution in [3.63, 3.8) is 0 Å². The number of benzene rings is 1. The molecule has 0 bridgehead atoms. The number of rotatable bonds is 3. The Hall–Kier alpha value is -1.67. The summed E-state index contributed by atoms with van der Waals surface area (Å²) >= 11 is 1.86. The normalized spacial score (nSPS) is 12.1.